The molecular weight excluding hydrogens is 432 g/mol. The number of hydrogen-bond acceptors (Lipinski definition) is 6. The zero-order chi connectivity index (χ0) is 23.8. The number of phenols is 1. The molecule has 1 aliphatic heterocycles. The molecule has 2 aromatic heterocycles. The summed E-state index contributed by atoms with van der Waals surface area (Å²) >= 11 is 0. The summed E-state index contributed by atoms with van der Waals surface area (Å²) in [6.45, 7) is 2.57. The molecule has 9 nitrogen and oxygen atoms in total. The lowest BCUT2D eigenvalue weighted by Gasteiger charge is -2.34. The zero-order valence-electron chi connectivity index (χ0n) is 19.3. The number of para-hydroxylation sites is 1. The molecule has 3 heterocycles. The minimum Gasteiger partial charge on any atom is -0.508 e. The number of fused-ring (bicyclic) bond motifs is 1. The second kappa shape index (κ2) is 8.83. The van der Waals surface area contributed by atoms with Gasteiger partial charge in [-0.25, -0.2) is 4.79 Å². The number of imidazole rings is 1. The molecule has 34 heavy (non-hydrogen) atoms. The average molecular weight is 461 g/mol. The van der Waals surface area contributed by atoms with Crippen molar-refractivity contribution in [3.63, 3.8) is 0 Å². The normalized spacial score (nSPS) is 16.3. The molecule has 1 aliphatic rings. The molecule has 2 aromatic carbocycles. The first kappa shape index (κ1) is 22.0. The highest BCUT2D eigenvalue weighted by Gasteiger charge is 2.27. The first-order valence-electron chi connectivity index (χ1n) is 11.4. The maximum Gasteiger partial charge on any atom is 0.332 e. The van der Waals surface area contributed by atoms with Crippen LogP contribution in [0.4, 0.5) is 5.95 Å². The SMILES string of the molecule is Cn1c(=O)c2c(nc(N3CCNC(Cc4ccccc4O)C3)n2Cc2ccccc2)n(C)c1=O. The third-order valence-electron chi connectivity index (χ3n) is 6.51. The lowest BCUT2D eigenvalue weighted by atomic mass is 10.0. The van der Waals surface area contributed by atoms with Crippen LogP contribution in [0.2, 0.25) is 0 Å². The minimum absolute atomic E-state index is 0.0960. The van der Waals surface area contributed by atoms with Crippen LogP contribution in [0, 0.1) is 0 Å². The van der Waals surface area contributed by atoms with Crippen LogP contribution in [0.3, 0.4) is 0 Å². The fourth-order valence-corrected chi connectivity index (χ4v) is 4.68. The fourth-order valence-electron chi connectivity index (χ4n) is 4.68. The van der Waals surface area contributed by atoms with Crippen molar-refractivity contribution >= 4 is 17.1 Å². The molecule has 1 atom stereocenters. The lowest BCUT2D eigenvalue weighted by Crippen LogP contribution is -2.52. The predicted octanol–water partition coefficient (Wildman–Crippen LogP) is 1.21. The smallest absolute Gasteiger partial charge is 0.332 e. The maximum atomic E-state index is 13.2. The lowest BCUT2D eigenvalue weighted by molar-refractivity contribution is 0.430. The average Bonchev–Trinajstić information content (AvgIpc) is 3.23. The Morgan fingerprint density at radius 1 is 1.03 bits per heavy atom. The number of phenolic OH excluding ortho intramolecular Hbond substituents is 1. The van der Waals surface area contributed by atoms with Crippen molar-refractivity contribution < 1.29 is 5.11 Å². The van der Waals surface area contributed by atoms with Gasteiger partial charge in [0.25, 0.3) is 5.56 Å². The Kier molecular flexibility index (Phi) is 5.70. The number of nitrogens with one attached hydrogen (secondary N) is 1. The van der Waals surface area contributed by atoms with Gasteiger partial charge < -0.3 is 15.3 Å². The van der Waals surface area contributed by atoms with Crippen LogP contribution in [0.5, 0.6) is 5.75 Å². The van der Waals surface area contributed by atoms with Crippen LogP contribution >= 0.6 is 0 Å². The van der Waals surface area contributed by atoms with Crippen molar-refractivity contribution in [1.82, 2.24) is 24.0 Å². The van der Waals surface area contributed by atoms with Crippen LogP contribution in [0.25, 0.3) is 11.2 Å². The number of hydrogen-bond donors (Lipinski definition) is 2. The number of nitrogens with zero attached hydrogens (tertiary/aromatic N) is 5. The number of piperazine rings is 1. The van der Waals surface area contributed by atoms with Crippen molar-refractivity contribution in [2.24, 2.45) is 14.1 Å². The number of aromatic nitrogens is 4. The van der Waals surface area contributed by atoms with Crippen LogP contribution in [-0.4, -0.2) is 49.5 Å². The van der Waals surface area contributed by atoms with E-state index in [4.69, 9.17) is 4.98 Å². The first-order valence-corrected chi connectivity index (χ1v) is 11.4. The van der Waals surface area contributed by atoms with E-state index in [0.29, 0.717) is 43.2 Å². The molecule has 176 valence electrons. The second-order valence-electron chi connectivity index (χ2n) is 8.79. The molecular formula is C25H28N6O3. The highest BCUT2D eigenvalue weighted by Crippen LogP contribution is 2.24. The van der Waals surface area contributed by atoms with E-state index in [1.165, 1.54) is 11.6 Å². The van der Waals surface area contributed by atoms with Gasteiger partial charge in [0.15, 0.2) is 11.2 Å². The molecule has 4 aromatic rings. The van der Waals surface area contributed by atoms with E-state index in [0.717, 1.165) is 22.2 Å². The van der Waals surface area contributed by atoms with Gasteiger partial charge in [-0.05, 0) is 23.6 Å². The van der Waals surface area contributed by atoms with Gasteiger partial charge in [0.1, 0.15) is 5.75 Å². The quantitative estimate of drug-likeness (QED) is 0.465. The molecule has 0 saturated carbocycles. The summed E-state index contributed by atoms with van der Waals surface area (Å²) in [5.41, 5.74) is 1.98. The van der Waals surface area contributed by atoms with Crippen molar-refractivity contribution in [2.75, 3.05) is 24.5 Å². The molecule has 1 unspecified atom stereocenters. The fraction of sp³-hybridized carbons (Fsp3) is 0.320. The molecule has 0 radical (unpaired) electrons. The van der Waals surface area contributed by atoms with Gasteiger partial charge in [-0.1, -0.05) is 48.5 Å². The van der Waals surface area contributed by atoms with Crippen LogP contribution in [0.1, 0.15) is 11.1 Å². The third kappa shape index (κ3) is 3.88. The summed E-state index contributed by atoms with van der Waals surface area (Å²) in [6.07, 6.45) is 0.669. The summed E-state index contributed by atoms with van der Waals surface area (Å²) in [5, 5.41) is 13.7. The summed E-state index contributed by atoms with van der Waals surface area (Å²) in [6, 6.07) is 17.4. The molecule has 5 rings (SSSR count). The Labute approximate surface area is 196 Å². The van der Waals surface area contributed by atoms with Crippen molar-refractivity contribution in [1.29, 1.82) is 0 Å². The van der Waals surface area contributed by atoms with Crippen LogP contribution in [0.15, 0.2) is 64.2 Å². The van der Waals surface area contributed by atoms with Crippen LogP contribution in [-0.2, 0) is 27.1 Å². The maximum absolute atomic E-state index is 13.2. The first-order chi connectivity index (χ1) is 16.4. The molecule has 1 saturated heterocycles. The predicted molar refractivity (Wildman–Crippen MR) is 132 cm³/mol. The molecule has 2 N–H and O–H groups in total. The van der Waals surface area contributed by atoms with Crippen LogP contribution < -0.4 is 21.5 Å². The van der Waals surface area contributed by atoms with Crippen molar-refractivity contribution in [2.45, 2.75) is 19.0 Å². The Balaban J connectivity index is 1.58. The Bertz CT molecular complexity index is 1450. The number of anilines is 1. The van der Waals surface area contributed by atoms with E-state index in [2.05, 4.69) is 10.2 Å². The molecule has 0 bridgehead atoms. The zero-order valence-corrected chi connectivity index (χ0v) is 19.3. The number of aryl methyl sites for hydroxylation is 1. The van der Waals surface area contributed by atoms with E-state index < -0.39 is 5.69 Å². The summed E-state index contributed by atoms with van der Waals surface area (Å²) in [5.74, 6) is 0.956. The largest absolute Gasteiger partial charge is 0.508 e. The van der Waals surface area contributed by atoms with E-state index in [1.54, 1.807) is 13.1 Å². The summed E-state index contributed by atoms with van der Waals surface area (Å²) < 4.78 is 4.49. The Hall–Kier alpha value is -3.85. The van der Waals surface area contributed by atoms with Gasteiger partial charge in [0.05, 0.1) is 6.54 Å². The van der Waals surface area contributed by atoms with Gasteiger partial charge in [-0.2, -0.15) is 4.98 Å². The monoisotopic (exact) mass is 460 g/mol. The molecule has 1 fully saturated rings. The van der Waals surface area contributed by atoms with E-state index in [1.807, 2.05) is 53.1 Å². The van der Waals surface area contributed by atoms with E-state index >= 15 is 0 Å². The van der Waals surface area contributed by atoms with Gasteiger partial charge in [0, 0.05) is 39.8 Å². The van der Waals surface area contributed by atoms with Gasteiger partial charge in [-0.15, -0.1) is 0 Å². The van der Waals surface area contributed by atoms with Gasteiger partial charge >= 0.3 is 5.69 Å². The van der Waals surface area contributed by atoms with Gasteiger partial charge in [-0.3, -0.25) is 18.5 Å². The molecule has 9 heteroatoms. The molecule has 0 aliphatic carbocycles. The number of rotatable bonds is 5. The van der Waals surface area contributed by atoms with E-state index in [-0.39, 0.29) is 17.4 Å². The number of benzene rings is 2. The topological polar surface area (TPSA) is 97.3 Å². The second-order valence-corrected chi connectivity index (χ2v) is 8.79. The van der Waals surface area contributed by atoms with Crippen molar-refractivity contribution in [3.8, 4) is 5.75 Å². The summed E-state index contributed by atoms with van der Waals surface area (Å²) in [4.78, 5) is 32.7. The molecule has 0 amide bonds. The highest BCUT2D eigenvalue weighted by molar-refractivity contribution is 5.75. The standard InChI is InChI=1S/C25H28N6O3/c1-28-22-21(23(33)29(2)25(28)34)31(15-17-8-4-3-5-9-17)24(27-22)30-13-12-26-19(16-30)14-18-10-6-7-11-20(18)32/h3-11,19,26,32H,12-16H2,1-2H3. The summed E-state index contributed by atoms with van der Waals surface area (Å²) in [7, 11) is 3.14. The van der Waals surface area contributed by atoms with Crippen molar-refractivity contribution in [3.05, 3.63) is 86.6 Å². The number of aromatic hydroxyl groups is 1. The minimum atomic E-state index is -0.397. The Morgan fingerprint density at radius 2 is 1.76 bits per heavy atom. The molecule has 0 spiro atoms. The van der Waals surface area contributed by atoms with E-state index in [9.17, 15) is 14.7 Å². The Morgan fingerprint density at radius 3 is 2.53 bits per heavy atom. The highest BCUT2D eigenvalue weighted by atomic mass is 16.3. The third-order valence-corrected chi connectivity index (χ3v) is 6.51. The van der Waals surface area contributed by atoms with Gasteiger partial charge in [0.2, 0.25) is 5.95 Å².